The highest BCUT2D eigenvalue weighted by Gasteiger charge is 2.18. The predicted octanol–water partition coefficient (Wildman–Crippen LogP) is 4.25. The zero-order valence-electron chi connectivity index (χ0n) is 14.1. The van der Waals surface area contributed by atoms with Gasteiger partial charge in [-0.3, -0.25) is 4.79 Å². The van der Waals surface area contributed by atoms with Crippen LogP contribution in [0.25, 0.3) is 0 Å². The minimum atomic E-state index is -0.0512. The normalized spacial score (nSPS) is 10.5. The van der Waals surface area contributed by atoms with Crippen molar-refractivity contribution in [2.45, 2.75) is 12.3 Å². The number of ether oxygens (including phenoxy) is 1. The Kier molecular flexibility index (Phi) is 5.42. The summed E-state index contributed by atoms with van der Waals surface area (Å²) >= 11 is 0. The fourth-order valence-electron chi connectivity index (χ4n) is 2.77. The predicted molar refractivity (Wildman–Crippen MR) is 98.8 cm³/mol. The van der Waals surface area contributed by atoms with E-state index in [9.17, 15) is 4.79 Å². The highest BCUT2D eigenvalue weighted by molar-refractivity contribution is 5.91. The Labute approximate surface area is 147 Å². The SMILES string of the molecule is COc1ccc(NC(=O)CC(c2ccccc2)c2ccccc2)cn1. The van der Waals surface area contributed by atoms with E-state index in [0.29, 0.717) is 18.0 Å². The Hall–Kier alpha value is -3.14. The molecule has 1 amide bonds. The molecule has 25 heavy (non-hydrogen) atoms. The molecule has 4 nitrogen and oxygen atoms in total. The first-order valence-corrected chi connectivity index (χ1v) is 8.16. The molecule has 0 spiro atoms. The summed E-state index contributed by atoms with van der Waals surface area (Å²) < 4.78 is 5.03. The number of hydrogen-bond acceptors (Lipinski definition) is 3. The smallest absolute Gasteiger partial charge is 0.225 e. The van der Waals surface area contributed by atoms with Crippen LogP contribution in [0.1, 0.15) is 23.5 Å². The van der Waals surface area contributed by atoms with E-state index in [1.807, 2.05) is 36.4 Å². The van der Waals surface area contributed by atoms with Gasteiger partial charge in [-0.1, -0.05) is 60.7 Å². The van der Waals surface area contributed by atoms with Crippen molar-refractivity contribution in [1.29, 1.82) is 0 Å². The number of nitrogens with zero attached hydrogens (tertiary/aromatic N) is 1. The number of carbonyl (C=O) groups is 1. The molecule has 0 saturated heterocycles. The van der Waals surface area contributed by atoms with E-state index in [4.69, 9.17) is 4.74 Å². The first kappa shape index (κ1) is 16.7. The van der Waals surface area contributed by atoms with E-state index in [2.05, 4.69) is 34.6 Å². The highest BCUT2D eigenvalue weighted by atomic mass is 16.5. The maximum Gasteiger partial charge on any atom is 0.225 e. The summed E-state index contributed by atoms with van der Waals surface area (Å²) in [5.41, 5.74) is 2.90. The average Bonchev–Trinajstić information content (AvgIpc) is 2.68. The van der Waals surface area contributed by atoms with Gasteiger partial charge < -0.3 is 10.1 Å². The Morgan fingerprint density at radius 1 is 0.960 bits per heavy atom. The number of anilines is 1. The molecule has 1 N–H and O–H groups in total. The minimum absolute atomic E-state index is 0.00797. The Morgan fingerprint density at radius 2 is 1.56 bits per heavy atom. The first-order chi connectivity index (χ1) is 12.3. The number of nitrogens with one attached hydrogen (secondary N) is 1. The van der Waals surface area contributed by atoms with E-state index < -0.39 is 0 Å². The number of methoxy groups -OCH3 is 1. The van der Waals surface area contributed by atoms with E-state index >= 15 is 0 Å². The van der Waals surface area contributed by atoms with Gasteiger partial charge in [0.05, 0.1) is 19.0 Å². The lowest BCUT2D eigenvalue weighted by Gasteiger charge is -2.18. The number of aromatic nitrogens is 1. The molecular formula is C21H20N2O2. The van der Waals surface area contributed by atoms with Crippen molar-refractivity contribution in [1.82, 2.24) is 4.98 Å². The molecule has 0 radical (unpaired) electrons. The lowest BCUT2D eigenvalue weighted by Crippen LogP contribution is -2.16. The summed E-state index contributed by atoms with van der Waals surface area (Å²) in [5, 5.41) is 2.91. The van der Waals surface area contributed by atoms with Gasteiger partial charge in [-0.15, -0.1) is 0 Å². The van der Waals surface area contributed by atoms with Gasteiger partial charge in [0, 0.05) is 18.4 Å². The van der Waals surface area contributed by atoms with Gasteiger partial charge >= 0.3 is 0 Å². The van der Waals surface area contributed by atoms with Crippen LogP contribution in [-0.2, 0) is 4.79 Å². The number of hydrogen-bond donors (Lipinski definition) is 1. The number of carbonyl (C=O) groups excluding carboxylic acids is 1. The minimum Gasteiger partial charge on any atom is -0.481 e. The quantitative estimate of drug-likeness (QED) is 0.734. The third kappa shape index (κ3) is 4.44. The van der Waals surface area contributed by atoms with Gasteiger partial charge in [-0.2, -0.15) is 0 Å². The summed E-state index contributed by atoms with van der Waals surface area (Å²) in [6.45, 7) is 0. The van der Waals surface area contributed by atoms with Crippen molar-refractivity contribution in [3.8, 4) is 5.88 Å². The second-order valence-corrected chi connectivity index (χ2v) is 5.72. The van der Waals surface area contributed by atoms with Crippen molar-refractivity contribution >= 4 is 11.6 Å². The lowest BCUT2D eigenvalue weighted by atomic mass is 9.88. The molecule has 0 fully saturated rings. The Balaban J connectivity index is 1.76. The molecule has 1 heterocycles. The molecule has 0 bridgehead atoms. The lowest BCUT2D eigenvalue weighted by molar-refractivity contribution is -0.116. The Morgan fingerprint density at radius 3 is 2.04 bits per heavy atom. The van der Waals surface area contributed by atoms with Crippen molar-refractivity contribution in [2.24, 2.45) is 0 Å². The van der Waals surface area contributed by atoms with Gasteiger partial charge in [-0.05, 0) is 17.2 Å². The topological polar surface area (TPSA) is 51.2 Å². The third-order valence-electron chi connectivity index (χ3n) is 4.02. The summed E-state index contributed by atoms with van der Waals surface area (Å²) in [6, 6.07) is 23.7. The van der Waals surface area contributed by atoms with Gasteiger partial charge in [0.2, 0.25) is 11.8 Å². The summed E-state index contributed by atoms with van der Waals surface area (Å²) in [7, 11) is 1.56. The number of rotatable bonds is 6. The van der Waals surface area contributed by atoms with Crippen LogP contribution >= 0.6 is 0 Å². The van der Waals surface area contributed by atoms with Crippen LogP contribution in [0, 0.1) is 0 Å². The Bertz CT molecular complexity index is 763. The van der Waals surface area contributed by atoms with Crippen LogP contribution in [0.15, 0.2) is 79.0 Å². The molecule has 126 valence electrons. The summed E-state index contributed by atoms with van der Waals surface area (Å²) in [5.74, 6) is 0.475. The molecule has 0 aliphatic heterocycles. The molecule has 2 aromatic carbocycles. The van der Waals surface area contributed by atoms with Crippen LogP contribution in [-0.4, -0.2) is 18.0 Å². The van der Waals surface area contributed by atoms with Crippen molar-refractivity contribution < 1.29 is 9.53 Å². The van der Waals surface area contributed by atoms with Crippen molar-refractivity contribution in [2.75, 3.05) is 12.4 Å². The van der Waals surface area contributed by atoms with Crippen LogP contribution in [0.3, 0.4) is 0 Å². The summed E-state index contributed by atoms with van der Waals surface area (Å²) in [6.07, 6.45) is 1.96. The van der Waals surface area contributed by atoms with Crippen LogP contribution in [0.5, 0.6) is 5.88 Å². The standard InChI is InChI=1S/C21H20N2O2/c1-25-21-13-12-18(15-22-21)23-20(24)14-19(16-8-4-2-5-9-16)17-10-6-3-7-11-17/h2-13,15,19H,14H2,1H3,(H,23,24). The zero-order chi connectivity index (χ0) is 17.5. The number of benzene rings is 2. The molecule has 0 unspecified atom stereocenters. The molecule has 3 rings (SSSR count). The van der Waals surface area contributed by atoms with Gasteiger partial charge in [-0.25, -0.2) is 4.98 Å². The number of pyridine rings is 1. The van der Waals surface area contributed by atoms with E-state index in [1.165, 1.54) is 0 Å². The van der Waals surface area contributed by atoms with Gasteiger partial charge in [0.15, 0.2) is 0 Å². The van der Waals surface area contributed by atoms with Crippen LogP contribution < -0.4 is 10.1 Å². The van der Waals surface area contributed by atoms with Gasteiger partial charge in [0.25, 0.3) is 0 Å². The molecular weight excluding hydrogens is 312 g/mol. The van der Waals surface area contributed by atoms with E-state index in [0.717, 1.165) is 11.1 Å². The summed E-state index contributed by atoms with van der Waals surface area (Å²) in [4.78, 5) is 16.7. The van der Waals surface area contributed by atoms with Crippen LogP contribution in [0.4, 0.5) is 5.69 Å². The third-order valence-corrected chi connectivity index (χ3v) is 4.02. The molecule has 0 saturated carbocycles. The fourth-order valence-corrected chi connectivity index (χ4v) is 2.77. The molecule has 1 aromatic heterocycles. The molecule has 3 aromatic rings. The van der Waals surface area contributed by atoms with E-state index in [-0.39, 0.29) is 11.8 Å². The first-order valence-electron chi connectivity index (χ1n) is 8.16. The maximum absolute atomic E-state index is 12.6. The molecule has 0 atom stereocenters. The molecule has 0 aliphatic carbocycles. The van der Waals surface area contributed by atoms with Crippen LogP contribution in [0.2, 0.25) is 0 Å². The van der Waals surface area contributed by atoms with Crippen molar-refractivity contribution in [3.63, 3.8) is 0 Å². The zero-order valence-corrected chi connectivity index (χ0v) is 14.1. The number of amides is 1. The average molecular weight is 332 g/mol. The van der Waals surface area contributed by atoms with E-state index in [1.54, 1.807) is 25.4 Å². The maximum atomic E-state index is 12.6. The monoisotopic (exact) mass is 332 g/mol. The molecule has 4 heteroatoms. The second kappa shape index (κ2) is 8.11. The van der Waals surface area contributed by atoms with Crippen molar-refractivity contribution in [3.05, 3.63) is 90.1 Å². The molecule has 0 aliphatic rings. The highest BCUT2D eigenvalue weighted by Crippen LogP contribution is 2.28. The largest absolute Gasteiger partial charge is 0.481 e. The van der Waals surface area contributed by atoms with Gasteiger partial charge in [0.1, 0.15) is 0 Å². The second-order valence-electron chi connectivity index (χ2n) is 5.72. The fraction of sp³-hybridized carbons (Fsp3) is 0.143.